The SMILES string of the molecule is CCc1nnc(CNC(=O)[C@H](C)c2ccccc2F)s1. The van der Waals surface area contributed by atoms with Gasteiger partial charge in [-0.05, 0) is 25.0 Å². The lowest BCUT2D eigenvalue weighted by molar-refractivity contribution is -0.122. The summed E-state index contributed by atoms with van der Waals surface area (Å²) in [7, 11) is 0. The van der Waals surface area contributed by atoms with Gasteiger partial charge in [-0.15, -0.1) is 10.2 Å². The molecule has 1 amide bonds. The average Bonchev–Trinajstić information content (AvgIpc) is 2.92. The van der Waals surface area contributed by atoms with Gasteiger partial charge < -0.3 is 5.32 Å². The number of aromatic nitrogens is 2. The van der Waals surface area contributed by atoms with Gasteiger partial charge >= 0.3 is 0 Å². The summed E-state index contributed by atoms with van der Waals surface area (Å²) >= 11 is 1.47. The van der Waals surface area contributed by atoms with Gasteiger partial charge in [0.25, 0.3) is 0 Å². The van der Waals surface area contributed by atoms with Crippen molar-refractivity contribution >= 4 is 17.2 Å². The van der Waals surface area contributed by atoms with Crippen molar-refractivity contribution in [1.82, 2.24) is 15.5 Å². The molecule has 1 N–H and O–H groups in total. The lowest BCUT2D eigenvalue weighted by Crippen LogP contribution is -2.27. The van der Waals surface area contributed by atoms with Crippen molar-refractivity contribution in [3.05, 3.63) is 45.7 Å². The molecule has 2 aromatic rings. The standard InChI is InChI=1S/C14H16FN3OS/c1-3-12-17-18-13(20-12)8-16-14(19)9(2)10-6-4-5-7-11(10)15/h4-7,9H,3,8H2,1-2H3,(H,16,19)/t9-/m1/s1. The molecule has 0 fully saturated rings. The van der Waals surface area contributed by atoms with Gasteiger partial charge in [0.05, 0.1) is 12.5 Å². The summed E-state index contributed by atoms with van der Waals surface area (Å²) in [6.07, 6.45) is 0.831. The molecule has 2 rings (SSSR count). The second-order valence-corrected chi connectivity index (χ2v) is 5.55. The fourth-order valence-corrected chi connectivity index (χ4v) is 2.51. The van der Waals surface area contributed by atoms with Gasteiger partial charge in [-0.3, -0.25) is 4.79 Å². The number of nitrogens with zero attached hydrogens (tertiary/aromatic N) is 2. The Kier molecular flexibility index (Phi) is 4.79. The first kappa shape index (κ1) is 14.6. The minimum Gasteiger partial charge on any atom is -0.349 e. The highest BCUT2D eigenvalue weighted by Crippen LogP contribution is 2.19. The molecule has 6 heteroatoms. The minimum absolute atomic E-state index is 0.219. The monoisotopic (exact) mass is 293 g/mol. The van der Waals surface area contributed by atoms with E-state index in [1.807, 2.05) is 6.92 Å². The first-order chi connectivity index (χ1) is 9.61. The Labute approximate surface area is 121 Å². The summed E-state index contributed by atoms with van der Waals surface area (Å²) in [5.41, 5.74) is 0.400. The Morgan fingerprint density at radius 2 is 2.05 bits per heavy atom. The van der Waals surface area contributed by atoms with Crippen LogP contribution in [0.4, 0.5) is 4.39 Å². The Balaban J connectivity index is 1.96. The molecule has 0 saturated carbocycles. The normalized spacial score (nSPS) is 12.2. The predicted octanol–water partition coefficient (Wildman–Crippen LogP) is 2.66. The third-order valence-electron chi connectivity index (χ3n) is 2.99. The molecular formula is C14H16FN3OS. The Morgan fingerprint density at radius 1 is 1.35 bits per heavy atom. The molecule has 1 heterocycles. The molecular weight excluding hydrogens is 277 g/mol. The summed E-state index contributed by atoms with van der Waals surface area (Å²) < 4.78 is 13.6. The van der Waals surface area contributed by atoms with Crippen LogP contribution >= 0.6 is 11.3 Å². The zero-order valence-corrected chi connectivity index (χ0v) is 12.2. The fraction of sp³-hybridized carbons (Fsp3) is 0.357. The molecule has 0 aliphatic heterocycles. The van der Waals surface area contributed by atoms with E-state index >= 15 is 0 Å². The zero-order valence-electron chi connectivity index (χ0n) is 11.4. The largest absolute Gasteiger partial charge is 0.349 e. The first-order valence-corrected chi connectivity index (χ1v) is 7.26. The molecule has 0 spiro atoms. The highest BCUT2D eigenvalue weighted by molar-refractivity contribution is 7.11. The van der Waals surface area contributed by atoms with E-state index in [0.717, 1.165) is 16.4 Å². The predicted molar refractivity (Wildman–Crippen MR) is 75.9 cm³/mol. The number of hydrogen-bond acceptors (Lipinski definition) is 4. The molecule has 0 bridgehead atoms. The van der Waals surface area contributed by atoms with Crippen LogP contribution < -0.4 is 5.32 Å². The van der Waals surface area contributed by atoms with E-state index in [-0.39, 0.29) is 11.7 Å². The van der Waals surface area contributed by atoms with Crippen LogP contribution in [0.2, 0.25) is 0 Å². The molecule has 4 nitrogen and oxygen atoms in total. The molecule has 0 aliphatic rings. The van der Waals surface area contributed by atoms with E-state index in [4.69, 9.17) is 0 Å². The topological polar surface area (TPSA) is 54.9 Å². The van der Waals surface area contributed by atoms with Crippen molar-refractivity contribution in [2.75, 3.05) is 0 Å². The molecule has 1 aromatic heterocycles. The Hall–Kier alpha value is -1.82. The summed E-state index contributed by atoms with van der Waals surface area (Å²) in [5, 5.41) is 12.4. The van der Waals surface area contributed by atoms with Crippen molar-refractivity contribution < 1.29 is 9.18 Å². The highest BCUT2D eigenvalue weighted by Gasteiger charge is 2.18. The third-order valence-corrected chi connectivity index (χ3v) is 4.06. The van der Waals surface area contributed by atoms with Gasteiger partial charge in [-0.25, -0.2) is 4.39 Å². The maximum absolute atomic E-state index is 13.6. The molecule has 1 aromatic carbocycles. The zero-order chi connectivity index (χ0) is 14.5. The van der Waals surface area contributed by atoms with Crippen LogP contribution in [0.1, 0.15) is 35.3 Å². The number of rotatable bonds is 5. The van der Waals surface area contributed by atoms with Crippen LogP contribution in [0.5, 0.6) is 0 Å². The molecule has 0 radical (unpaired) electrons. The van der Waals surface area contributed by atoms with E-state index < -0.39 is 5.92 Å². The number of aryl methyl sites for hydroxylation is 1. The van der Waals surface area contributed by atoms with Crippen molar-refractivity contribution in [3.63, 3.8) is 0 Å². The molecule has 0 saturated heterocycles. The second kappa shape index (κ2) is 6.56. The number of nitrogens with one attached hydrogen (secondary N) is 1. The summed E-state index contributed by atoms with van der Waals surface area (Å²) in [5.74, 6) is -1.11. The summed E-state index contributed by atoms with van der Waals surface area (Å²) in [6.45, 7) is 4.02. The number of halogens is 1. The van der Waals surface area contributed by atoms with Crippen LogP contribution in [0.25, 0.3) is 0 Å². The van der Waals surface area contributed by atoms with Gasteiger partial charge in [-0.2, -0.15) is 0 Å². The van der Waals surface area contributed by atoms with Crippen molar-refractivity contribution in [2.24, 2.45) is 0 Å². The number of carbonyl (C=O) groups excluding carboxylic acids is 1. The Morgan fingerprint density at radius 3 is 2.70 bits per heavy atom. The van der Waals surface area contributed by atoms with E-state index in [1.165, 1.54) is 17.4 Å². The van der Waals surface area contributed by atoms with Gasteiger partial charge in [0.2, 0.25) is 5.91 Å². The van der Waals surface area contributed by atoms with Gasteiger partial charge in [0, 0.05) is 0 Å². The number of carbonyl (C=O) groups is 1. The second-order valence-electron chi connectivity index (χ2n) is 4.40. The maximum Gasteiger partial charge on any atom is 0.227 e. The lowest BCUT2D eigenvalue weighted by Gasteiger charge is -2.12. The number of benzene rings is 1. The van der Waals surface area contributed by atoms with Gasteiger partial charge in [-0.1, -0.05) is 36.5 Å². The molecule has 20 heavy (non-hydrogen) atoms. The van der Waals surface area contributed by atoms with Crippen LogP contribution in [0.3, 0.4) is 0 Å². The summed E-state index contributed by atoms with van der Waals surface area (Å²) in [4.78, 5) is 12.0. The number of amides is 1. The average molecular weight is 293 g/mol. The van der Waals surface area contributed by atoms with E-state index in [9.17, 15) is 9.18 Å². The smallest absolute Gasteiger partial charge is 0.227 e. The maximum atomic E-state index is 13.6. The minimum atomic E-state index is -0.533. The van der Waals surface area contributed by atoms with Crippen molar-refractivity contribution in [3.8, 4) is 0 Å². The van der Waals surface area contributed by atoms with Gasteiger partial charge in [0.15, 0.2) is 0 Å². The molecule has 0 aliphatic carbocycles. The van der Waals surface area contributed by atoms with Crippen molar-refractivity contribution in [1.29, 1.82) is 0 Å². The number of hydrogen-bond donors (Lipinski definition) is 1. The third kappa shape index (κ3) is 3.39. The lowest BCUT2D eigenvalue weighted by atomic mass is 10.00. The van der Waals surface area contributed by atoms with Crippen molar-refractivity contribution in [2.45, 2.75) is 32.7 Å². The molecule has 0 unspecified atom stereocenters. The van der Waals surface area contributed by atoms with E-state index in [1.54, 1.807) is 25.1 Å². The van der Waals surface area contributed by atoms with E-state index in [0.29, 0.717) is 12.1 Å². The van der Waals surface area contributed by atoms with Crippen LogP contribution in [0, 0.1) is 5.82 Å². The fourth-order valence-electron chi connectivity index (χ4n) is 1.79. The van der Waals surface area contributed by atoms with Crippen LogP contribution in [-0.4, -0.2) is 16.1 Å². The first-order valence-electron chi connectivity index (χ1n) is 6.45. The summed E-state index contributed by atoms with van der Waals surface area (Å²) in [6, 6.07) is 6.31. The highest BCUT2D eigenvalue weighted by atomic mass is 32.1. The molecule has 1 atom stereocenters. The molecule has 106 valence electrons. The Bertz CT molecular complexity index is 600. The van der Waals surface area contributed by atoms with E-state index in [2.05, 4.69) is 15.5 Å². The van der Waals surface area contributed by atoms with Crippen LogP contribution in [-0.2, 0) is 17.8 Å². The quantitative estimate of drug-likeness (QED) is 0.922. The van der Waals surface area contributed by atoms with Gasteiger partial charge in [0.1, 0.15) is 15.8 Å². The van der Waals surface area contributed by atoms with Crippen LogP contribution in [0.15, 0.2) is 24.3 Å².